The third kappa shape index (κ3) is 3.59. The highest BCUT2D eigenvalue weighted by atomic mass is 16.3. The van der Waals surface area contributed by atoms with Crippen LogP contribution >= 0.6 is 0 Å². The predicted octanol–water partition coefficient (Wildman–Crippen LogP) is 5.68. The Morgan fingerprint density at radius 1 is 1.00 bits per heavy atom. The Morgan fingerprint density at radius 2 is 1.86 bits per heavy atom. The lowest BCUT2D eigenvalue weighted by Crippen LogP contribution is -2.37. The van der Waals surface area contributed by atoms with Crippen LogP contribution in [0.4, 0.5) is 5.69 Å². The van der Waals surface area contributed by atoms with E-state index in [1.165, 1.54) is 75.4 Å². The molecule has 4 nitrogen and oxygen atoms in total. The molecule has 1 N–H and O–H groups in total. The van der Waals surface area contributed by atoms with Crippen molar-refractivity contribution in [3.05, 3.63) is 30.0 Å². The molecule has 2 aromatic rings. The first-order valence-electron chi connectivity index (χ1n) is 11.3. The summed E-state index contributed by atoms with van der Waals surface area (Å²) in [4.78, 5) is 15.4. The van der Waals surface area contributed by atoms with Crippen molar-refractivity contribution in [1.82, 2.24) is 4.90 Å². The lowest BCUT2D eigenvalue weighted by Gasteiger charge is -2.34. The van der Waals surface area contributed by atoms with Crippen molar-refractivity contribution < 1.29 is 9.21 Å². The number of fused-ring (bicyclic) bond motifs is 2. The summed E-state index contributed by atoms with van der Waals surface area (Å²) in [5.41, 5.74) is 3.20. The minimum atomic E-state index is 0.175. The van der Waals surface area contributed by atoms with Gasteiger partial charge in [0.25, 0.3) is 0 Å². The number of benzene rings is 1. The Bertz CT molecular complexity index is 834. The topological polar surface area (TPSA) is 45.5 Å². The minimum Gasteiger partial charge on any atom is -0.464 e. The van der Waals surface area contributed by atoms with E-state index in [0.717, 1.165) is 30.2 Å². The second-order valence-corrected chi connectivity index (χ2v) is 9.13. The third-order valence-corrected chi connectivity index (χ3v) is 7.36. The predicted molar refractivity (Wildman–Crippen MR) is 113 cm³/mol. The monoisotopic (exact) mass is 380 g/mol. The summed E-state index contributed by atoms with van der Waals surface area (Å²) < 4.78 is 5.88. The Balaban J connectivity index is 1.34. The molecular weight excluding hydrogens is 348 g/mol. The number of hydrogen-bond acceptors (Lipinski definition) is 3. The summed E-state index contributed by atoms with van der Waals surface area (Å²) in [5.74, 6) is 0.952. The van der Waals surface area contributed by atoms with Crippen LogP contribution in [0.5, 0.6) is 0 Å². The summed E-state index contributed by atoms with van der Waals surface area (Å²) >= 11 is 0. The van der Waals surface area contributed by atoms with Crippen molar-refractivity contribution in [2.75, 3.05) is 18.4 Å². The van der Waals surface area contributed by atoms with Crippen LogP contribution in [0.3, 0.4) is 0 Å². The minimum absolute atomic E-state index is 0.175. The summed E-state index contributed by atoms with van der Waals surface area (Å²) in [6, 6.07) is 6.90. The van der Waals surface area contributed by atoms with E-state index in [9.17, 15) is 4.79 Å². The number of furan rings is 1. The van der Waals surface area contributed by atoms with E-state index in [2.05, 4.69) is 16.3 Å². The number of rotatable bonds is 3. The van der Waals surface area contributed by atoms with Gasteiger partial charge in [-0.2, -0.15) is 0 Å². The summed E-state index contributed by atoms with van der Waals surface area (Å²) in [5, 5.41) is 4.39. The maximum atomic E-state index is 12.8. The van der Waals surface area contributed by atoms with Gasteiger partial charge in [-0.25, -0.2) is 0 Å². The molecule has 0 bridgehead atoms. The van der Waals surface area contributed by atoms with Gasteiger partial charge in [0.1, 0.15) is 5.58 Å². The van der Waals surface area contributed by atoms with E-state index in [1.807, 2.05) is 18.4 Å². The first-order valence-corrected chi connectivity index (χ1v) is 11.3. The van der Waals surface area contributed by atoms with Gasteiger partial charge in [-0.05, 0) is 75.7 Å². The Kier molecular flexibility index (Phi) is 5.15. The number of carbonyl (C=O) groups excluding carboxylic acids is 1. The average Bonchev–Trinajstić information content (AvgIpc) is 3.25. The van der Waals surface area contributed by atoms with Crippen molar-refractivity contribution in [3.63, 3.8) is 0 Å². The van der Waals surface area contributed by atoms with Gasteiger partial charge in [-0.3, -0.25) is 4.79 Å². The van der Waals surface area contributed by atoms with Crippen LogP contribution in [0.1, 0.15) is 75.7 Å². The van der Waals surface area contributed by atoms with Crippen molar-refractivity contribution in [2.45, 2.75) is 76.2 Å². The summed E-state index contributed by atoms with van der Waals surface area (Å²) in [6.45, 7) is 2.49. The van der Waals surface area contributed by atoms with Gasteiger partial charge in [-0.15, -0.1) is 0 Å². The van der Waals surface area contributed by atoms with E-state index in [1.54, 1.807) is 0 Å². The number of hydrogen-bond donors (Lipinski definition) is 1. The summed E-state index contributed by atoms with van der Waals surface area (Å²) in [7, 11) is 0. The fraction of sp³-hybridized carbons (Fsp3) is 0.625. The number of piperidine rings is 1. The lowest BCUT2D eigenvalue weighted by atomic mass is 9.85. The van der Waals surface area contributed by atoms with Crippen LogP contribution < -0.4 is 5.32 Å². The van der Waals surface area contributed by atoms with Gasteiger partial charge in [0.05, 0.1) is 6.26 Å². The van der Waals surface area contributed by atoms with Crippen molar-refractivity contribution >= 4 is 22.6 Å². The molecule has 2 aliphatic heterocycles. The van der Waals surface area contributed by atoms with E-state index in [-0.39, 0.29) is 11.8 Å². The van der Waals surface area contributed by atoms with E-state index < -0.39 is 0 Å². The molecule has 0 radical (unpaired) electrons. The van der Waals surface area contributed by atoms with E-state index in [0.29, 0.717) is 5.92 Å². The quantitative estimate of drug-likeness (QED) is 0.696. The van der Waals surface area contributed by atoms with Crippen molar-refractivity contribution in [1.29, 1.82) is 0 Å². The second kappa shape index (κ2) is 7.90. The van der Waals surface area contributed by atoms with Gasteiger partial charge in [0, 0.05) is 28.6 Å². The molecule has 3 heterocycles. The second-order valence-electron chi connectivity index (χ2n) is 9.13. The molecular formula is C24H32N2O2. The molecule has 1 saturated carbocycles. The number of nitrogens with zero attached hydrogens (tertiary/aromatic N) is 1. The fourth-order valence-electron chi connectivity index (χ4n) is 5.74. The molecule has 2 saturated heterocycles. The first kappa shape index (κ1) is 18.2. The molecule has 2 atom stereocenters. The lowest BCUT2D eigenvalue weighted by molar-refractivity contribution is -0.120. The molecule has 5 rings (SSSR count). The Hall–Kier alpha value is -1.81. The largest absolute Gasteiger partial charge is 0.464 e. The average molecular weight is 381 g/mol. The van der Waals surface area contributed by atoms with Crippen LogP contribution in [0.25, 0.3) is 11.0 Å². The van der Waals surface area contributed by atoms with Gasteiger partial charge in [0.2, 0.25) is 5.91 Å². The highest BCUT2D eigenvalue weighted by molar-refractivity contribution is 5.95. The fourth-order valence-corrected chi connectivity index (χ4v) is 5.74. The third-order valence-electron chi connectivity index (χ3n) is 7.36. The van der Waals surface area contributed by atoms with Crippen LogP contribution in [0, 0.1) is 5.92 Å². The van der Waals surface area contributed by atoms with Crippen molar-refractivity contribution in [2.24, 2.45) is 5.92 Å². The van der Waals surface area contributed by atoms with Crippen LogP contribution in [0.2, 0.25) is 0 Å². The Morgan fingerprint density at radius 3 is 2.71 bits per heavy atom. The summed E-state index contributed by atoms with van der Waals surface area (Å²) in [6.07, 6.45) is 14.1. The molecule has 3 aliphatic rings. The van der Waals surface area contributed by atoms with Crippen molar-refractivity contribution in [3.8, 4) is 0 Å². The molecule has 4 heteroatoms. The Labute approximate surface area is 167 Å². The standard InChI is InChI=1S/C24H32N2O2/c27-24(17-6-3-1-2-4-7-17)25-19-9-10-23-21(15-19)22(16-28-23)18-11-13-26-12-5-8-20(26)14-18/h9-10,15-18,20H,1-8,11-14H2,(H,25,27). The maximum absolute atomic E-state index is 12.8. The van der Waals surface area contributed by atoms with Gasteiger partial charge in [-0.1, -0.05) is 25.7 Å². The molecule has 2 unspecified atom stereocenters. The number of anilines is 1. The van der Waals surface area contributed by atoms with Gasteiger partial charge < -0.3 is 14.6 Å². The molecule has 1 aliphatic carbocycles. The highest BCUT2D eigenvalue weighted by Crippen LogP contribution is 2.40. The smallest absolute Gasteiger partial charge is 0.227 e. The zero-order valence-electron chi connectivity index (χ0n) is 16.8. The molecule has 1 amide bonds. The molecule has 0 spiro atoms. The number of carbonyl (C=O) groups is 1. The SMILES string of the molecule is O=C(Nc1ccc2occ(C3CCN4CCCC4C3)c2c1)C1CCCCCC1. The van der Waals surface area contributed by atoms with Crippen LogP contribution in [0.15, 0.2) is 28.9 Å². The van der Waals surface area contributed by atoms with E-state index in [4.69, 9.17) is 4.42 Å². The number of amides is 1. The first-order chi connectivity index (χ1) is 13.8. The van der Waals surface area contributed by atoms with Crippen LogP contribution in [-0.2, 0) is 4.79 Å². The molecule has 1 aromatic carbocycles. The van der Waals surface area contributed by atoms with Gasteiger partial charge in [0.15, 0.2) is 0 Å². The molecule has 150 valence electrons. The molecule has 3 fully saturated rings. The van der Waals surface area contributed by atoms with Gasteiger partial charge >= 0.3 is 0 Å². The van der Waals surface area contributed by atoms with E-state index >= 15 is 0 Å². The zero-order chi connectivity index (χ0) is 18.9. The maximum Gasteiger partial charge on any atom is 0.227 e. The molecule has 28 heavy (non-hydrogen) atoms. The molecule has 1 aromatic heterocycles. The van der Waals surface area contributed by atoms with Crippen LogP contribution in [-0.4, -0.2) is 29.9 Å². The highest BCUT2D eigenvalue weighted by Gasteiger charge is 2.33. The zero-order valence-corrected chi connectivity index (χ0v) is 16.8. The number of nitrogens with one attached hydrogen (secondary N) is 1. The normalized spacial score (nSPS) is 26.9.